The summed E-state index contributed by atoms with van der Waals surface area (Å²) in [5, 5.41) is 2.29. The standard InChI is InChI=1S/C24H32FN5O3/c1-27-22-18(30(24(27)33)19-9-10-20(31)26-23(19)32)8-7-17(21(22)25)29-13-11-28(12-14-29)15-16-5-3-2-4-6-16/h7-8,16,19H,2-6,9-15H2,1H3,(H,26,31,32). The minimum Gasteiger partial charge on any atom is -0.367 e. The number of anilines is 1. The summed E-state index contributed by atoms with van der Waals surface area (Å²) < 4.78 is 18.3. The molecule has 0 bridgehead atoms. The molecule has 1 aliphatic carbocycles. The van der Waals surface area contributed by atoms with Gasteiger partial charge in [-0.3, -0.25) is 28.9 Å². The van der Waals surface area contributed by atoms with Crippen molar-refractivity contribution in [2.45, 2.75) is 51.0 Å². The van der Waals surface area contributed by atoms with Crippen LogP contribution in [-0.4, -0.2) is 58.6 Å². The van der Waals surface area contributed by atoms with Crippen molar-refractivity contribution in [3.8, 4) is 0 Å². The van der Waals surface area contributed by atoms with E-state index in [1.165, 1.54) is 48.3 Å². The van der Waals surface area contributed by atoms with Gasteiger partial charge in [0, 0.05) is 46.2 Å². The highest BCUT2D eigenvalue weighted by atomic mass is 19.1. The molecule has 1 aromatic heterocycles. The number of piperazine rings is 1. The number of piperidine rings is 1. The van der Waals surface area contributed by atoms with Gasteiger partial charge in [0.15, 0.2) is 5.82 Å². The van der Waals surface area contributed by atoms with Crippen LogP contribution in [0, 0.1) is 11.7 Å². The van der Waals surface area contributed by atoms with E-state index in [9.17, 15) is 14.4 Å². The number of hydrogen-bond donors (Lipinski definition) is 1. The third-order valence-corrected chi connectivity index (χ3v) is 7.64. The van der Waals surface area contributed by atoms with Gasteiger partial charge >= 0.3 is 5.69 Å². The Bertz CT molecular complexity index is 1130. The summed E-state index contributed by atoms with van der Waals surface area (Å²) in [7, 11) is 1.53. The largest absolute Gasteiger partial charge is 0.367 e. The Hall–Kier alpha value is -2.68. The first-order valence-electron chi connectivity index (χ1n) is 12.1. The summed E-state index contributed by atoms with van der Waals surface area (Å²) in [4.78, 5) is 41.4. The number of nitrogens with zero attached hydrogens (tertiary/aromatic N) is 4. The second-order valence-corrected chi connectivity index (χ2v) is 9.74. The molecule has 33 heavy (non-hydrogen) atoms. The number of fused-ring (bicyclic) bond motifs is 1. The van der Waals surface area contributed by atoms with Gasteiger partial charge in [-0.15, -0.1) is 0 Å². The second-order valence-electron chi connectivity index (χ2n) is 9.74. The molecule has 8 nitrogen and oxygen atoms in total. The quantitative estimate of drug-likeness (QED) is 0.712. The Labute approximate surface area is 192 Å². The van der Waals surface area contributed by atoms with E-state index in [0.29, 0.717) is 11.2 Å². The van der Waals surface area contributed by atoms with Crippen molar-refractivity contribution >= 4 is 28.5 Å². The fourth-order valence-corrected chi connectivity index (χ4v) is 5.80. The van der Waals surface area contributed by atoms with Crippen LogP contribution in [0.3, 0.4) is 0 Å². The van der Waals surface area contributed by atoms with Crippen LogP contribution < -0.4 is 15.9 Å². The highest BCUT2D eigenvalue weighted by Crippen LogP contribution is 2.31. The molecule has 0 spiro atoms. The van der Waals surface area contributed by atoms with Gasteiger partial charge in [-0.25, -0.2) is 9.18 Å². The molecule has 3 heterocycles. The van der Waals surface area contributed by atoms with E-state index >= 15 is 4.39 Å². The summed E-state index contributed by atoms with van der Waals surface area (Å²) in [5.41, 5.74) is 0.629. The first-order valence-corrected chi connectivity index (χ1v) is 12.1. The van der Waals surface area contributed by atoms with Crippen LogP contribution in [-0.2, 0) is 16.6 Å². The summed E-state index contributed by atoms with van der Waals surface area (Å²) in [6.45, 7) is 4.45. The zero-order valence-electron chi connectivity index (χ0n) is 19.2. The van der Waals surface area contributed by atoms with Crippen LogP contribution >= 0.6 is 0 Å². The van der Waals surface area contributed by atoms with Crippen LogP contribution in [0.2, 0.25) is 0 Å². The summed E-state index contributed by atoms with van der Waals surface area (Å²) in [6, 6.07) is 2.64. The van der Waals surface area contributed by atoms with Gasteiger partial charge in [-0.05, 0) is 37.3 Å². The Kier molecular flexibility index (Phi) is 5.99. The molecule has 1 saturated carbocycles. The third-order valence-electron chi connectivity index (χ3n) is 7.64. The molecule has 3 fully saturated rings. The maximum Gasteiger partial charge on any atom is 0.329 e. The first kappa shape index (κ1) is 22.1. The number of benzene rings is 1. The van der Waals surface area contributed by atoms with Gasteiger partial charge in [0.2, 0.25) is 11.8 Å². The minimum atomic E-state index is -0.813. The number of imidazole rings is 1. The fraction of sp³-hybridized carbons (Fsp3) is 0.625. The fourth-order valence-electron chi connectivity index (χ4n) is 5.80. The van der Waals surface area contributed by atoms with Gasteiger partial charge in [0.25, 0.3) is 0 Å². The normalized spacial score (nSPS) is 23.3. The average molecular weight is 458 g/mol. The molecule has 1 N–H and O–H groups in total. The lowest BCUT2D eigenvalue weighted by Gasteiger charge is -2.38. The lowest BCUT2D eigenvalue weighted by atomic mass is 9.89. The van der Waals surface area contributed by atoms with Crippen LogP contribution in [0.25, 0.3) is 11.0 Å². The van der Waals surface area contributed by atoms with Crippen molar-refractivity contribution in [2.75, 3.05) is 37.6 Å². The van der Waals surface area contributed by atoms with Gasteiger partial charge in [0.1, 0.15) is 11.6 Å². The SMILES string of the molecule is Cn1c(=O)n(C2CCC(=O)NC2=O)c2ccc(N3CCN(CC4CCCCC4)CC3)c(F)c21. The monoisotopic (exact) mass is 457 g/mol. The molecule has 3 aliphatic rings. The molecule has 0 radical (unpaired) electrons. The number of halogens is 1. The van der Waals surface area contributed by atoms with E-state index in [4.69, 9.17) is 0 Å². The van der Waals surface area contributed by atoms with Gasteiger partial charge in [-0.1, -0.05) is 19.3 Å². The van der Waals surface area contributed by atoms with Crippen molar-refractivity contribution in [3.05, 3.63) is 28.4 Å². The second kappa shape index (κ2) is 8.93. The maximum absolute atomic E-state index is 15.7. The number of amides is 2. The van der Waals surface area contributed by atoms with E-state index in [1.54, 1.807) is 12.1 Å². The molecule has 2 amide bonds. The average Bonchev–Trinajstić information content (AvgIpc) is 3.06. The number of nitrogens with one attached hydrogen (secondary N) is 1. The minimum absolute atomic E-state index is 0.158. The number of imide groups is 1. The Morgan fingerprint density at radius 3 is 2.42 bits per heavy atom. The summed E-state index contributed by atoms with van der Waals surface area (Å²) in [6.07, 6.45) is 7.08. The summed E-state index contributed by atoms with van der Waals surface area (Å²) >= 11 is 0. The zero-order chi connectivity index (χ0) is 23.1. The lowest BCUT2D eigenvalue weighted by Crippen LogP contribution is -2.48. The number of rotatable bonds is 4. The highest BCUT2D eigenvalue weighted by Gasteiger charge is 2.32. The Balaban J connectivity index is 1.37. The van der Waals surface area contributed by atoms with Crippen LogP contribution in [0.5, 0.6) is 0 Å². The zero-order valence-corrected chi connectivity index (χ0v) is 19.2. The van der Waals surface area contributed by atoms with Gasteiger partial charge in [0.05, 0.1) is 11.2 Å². The predicted octanol–water partition coefficient (Wildman–Crippen LogP) is 2.16. The number of carbonyl (C=O) groups is 2. The number of aromatic nitrogens is 2. The molecular formula is C24H32FN5O3. The predicted molar refractivity (Wildman–Crippen MR) is 124 cm³/mol. The van der Waals surface area contributed by atoms with E-state index in [-0.39, 0.29) is 24.3 Å². The van der Waals surface area contributed by atoms with E-state index in [1.807, 2.05) is 0 Å². The van der Waals surface area contributed by atoms with Gasteiger partial charge in [-0.2, -0.15) is 0 Å². The molecule has 178 valence electrons. The van der Waals surface area contributed by atoms with E-state index < -0.39 is 23.5 Å². The molecular weight excluding hydrogens is 425 g/mol. The van der Waals surface area contributed by atoms with Crippen LogP contribution in [0.4, 0.5) is 10.1 Å². The van der Waals surface area contributed by atoms with Crippen LogP contribution in [0.15, 0.2) is 16.9 Å². The topological polar surface area (TPSA) is 79.6 Å². The van der Waals surface area contributed by atoms with Crippen LogP contribution in [0.1, 0.15) is 51.0 Å². The maximum atomic E-state index is 15.7. The molecule has 5 rings (SSSR count). The number of hydrogen-bond acceptors (Lipinski definition) is 5. The van der Waals surface area contributed by atoms with Crippen molar-refractivity contribution < 1.29 is 14.0 Å². The molecule has 1 unspecified atom stereocenters. The highest BCUT2D eigenvalue weighted by molar-refractivity contribution is 6.00. The lowest BCUT2D eigenvalue weighted by molar-refractivity contribution is -0.135. The molecule has 2 aromatic rings. The molecule has 9 heteroatoms. The Morgan fingerprint density at radius 1 is 1.00 bits per heavy atom. The summed E-state index contributed by atoms with van der Waals surface area (Å²) in [5.74, 6) is -0.501. The van der Waals surface area contributed by atoms with Crippen molar-refractivity contribution in [2.24, 2.45) is 13.0 Å². The molecule has 1 atom stereocenters. The van der Waals surface area contributed by atoms with Crippen molar-refractivity contribution in [1.82, 2.24) is 19.4 Å². The van der Waals surface area contributed by atoms with E-state index in [0.717, 1.165) is 38.6 Å². The number of aryl methyl sites for hydroxylation is 1. The molecule has 1 aromatic carbocycles. The Morgan fingerprint density at radius 2 is 1.73 bits per heavy atom. The first-order chi connectivity index (χ1) is 15.9. The van der Waals surface area contributed by atoms with Crippen molar-refractivity contribution in [3.63, 3.8) is 0 Å². The van der Waals surface area contributed by atoms with Crippen molar-refractivity contribution in [1.29, 1.82) is 0 Å². The van der Waals surface area contributed by atoms with Gasteiger partial charge < -0.3 is 4.90 Å². The smallest absolute Gasteiger partial charge is 0.329 e. The third kappa shape index (κ3) is 4.07. The van der Waals surface area contributed by atoms with E-state index in [2.05, 4.69) is 15.1 Å². The molecule has 2 saturated heterocycles. The number of carbonyl (C=O) groups excluding carboxylic acids is 2. The molecule has 2 aliphatic heterocycles.